The lowest BCUT2D eigenvalue weighted by atomic mass is 10.0. The van der Waals surface area contributed by atoms with Crippen LogP contribution in [0, 0.1) is 0 Å². The van der Waals surface area contributed by atoms with Crippen LogP contribution < -0.4 is 5.32 Å². The average molecular weight is 228 g/mol. The molecule has 0 aliphatic carbocycles. The van der Waals surface area contributed by atoms with Crippen molar-refractivity contribution in [2.75, 3.05) is 26.7 Å². The number of morpholine rings is 1. The second-order valence-electron chi connectivity index (χ2n) is 4.90. The van der Waals surface area contributed by atoms with Gasteiger partial charge in [0.05, 0.1) is 12.7 Å². The Kier molecular flexibility index (Phi) is 6.32. The fourth-order valence-corrected chi connectivity index (χ4v) is 2.62. The quantitative estimate of drug-likeness (QED) is 0.751. The van der Waals surface area contributed by atoms with E-state index in [0.717, 1.165) is 19.7 Å². The highest BCUT2D eigenvalue weighted by Crippen LogP contribution is 2.19. The van der Waals surface area contributed by atoms with Gasteiger partial charge in [-0.05, 0) is 26.8 Å². The molecular weight excluding hydrogens is 200 g/mol. The van der Waals surface area contributed by atoms with Gasteiger partial charge in [0.1, 0.15) is 0 Å². The van der Waals surface area contributed by atoms with Crippen LogP contribution in [0.1, 0.15) is 40.0 Å². The number of hydrogen-bond donors (Lipinski definition) is 1. The van der Waals surface area contributed by atoms with Crippen LogP contribution in [0.2, 0.25) is 0 Å². The van der Waals surface area contributed by atoms with Crippen LogP contribution in [0.15, 0.2) is 0 Å². The zero-order valence-electron chi connectivity index (χ0n) is 11.3. The molecule has 3 heteroatoms. The molecule has 1 saturated heterocycles. The first-order valence-corrected chi connectivity index (χ1v) is 6.74. The van der Waals surface area contributed by atoms with Crippen molar-refractivity contribution in [2.24, 2.45) is 0 Å². The van der Waals surface area contributed by atoms with E-state index < -0.39 is 0 Å². The van der Waals surface area contributed by atoms with Gasteiger partial charge in [0.15, 0.2) is 0 Å². The first kappa shape index (κ1) is 13.9. The van der Waals surface area contributed by atoms with Gasteiger partial charge in [-0.15, -0.1) is 0 Å². The lowest BCUT2D eigenvalue weighted by Gasteiger charge is -2.43. The Morgan fingerprint density at radius 3 is 2.75 bits per heavy atom. The van der Waals surface area contributed by atoms with Crippen molar-refractivity contribution in [1.82, 2.24) is 10.2 Å². The van der Waals surface area contributed by atoms with E-state index in [1.807, 2.05) is 7.05 Å². The highest BCUT2D eigenvalue weighted by molar-refractivity contribution is 4.84. The molecule has 0 bridgehead atoms. The van der Waals surface area contributed by atoms with E-state index in [1.54, 1.807) is 0 Å². The molecule has 0 aromatic heterocycles. The second kappa shape index (κ2) is 7.25. The van der Waals surface area contributed by atoms with Crippen LogP contribution in [0.4, 0.5) is 0 Å². The van der Waals surface area contributed by atoms with Gasteiger partial charge < -0.3 is 10.1 Å². The van der Waals surface area contributed by atoms with Crippen LogP contribution in [0.25, 0.3) is 0 Å². The zero-order chi connectivity index (χ0) is 12.0. The largest absolute Gasteiger partial charge is 0.376 e. The highest BCUT2D eigenvalue weighted by Gasteiger charge is 2.30. The summed E-state index contributed by atoms with van der Waals surface area (Å²) in [5, 5.41) is 3.33. The predicted molar refractivity (Wildman–Crippen MR) is 68.8 cm³/mol. The van der Waals surface area contributed by atoms with Crippen LogP contribution in [0.5, 0.6) is 0 Å². The molecule has 0 saturated carbocycles. The number of likely N-dealkylation sites (N-methyl/N-ethyl adjacent to an activating group) is 1. The Labute approximate surface area is 101 Å². The predicted octanol–water partition coefficient (Wildman–Crippen LogP) is 1.87. The Hall–Kier alpha value is -0.120. The molecule has 3 unspecified atom stereocenters. The molecule has 1 N–H and O–H groups in total. The SMILES string of the molecule is CCCC(CNC)N1CC(C)OCC1CC. The molecule has 0 radical (unpaired) electrons. The van der Waals surface area contributed by atoms with E-state index in [2.05, 4.69) is 31.0 Å². The van der Waals surface area contributed by atoms with E-state index in [0.29, 0.717) is 18.2 Å². The monoisotopic (exact) mass is 228 g/mol. The summed E-state index contributed by atoms with van der Waals surface area (Å²) in [4.78, 5) is 2.66. The summed E-state index contributed by atoms with van der Waals surface area (Å²) >= 11 is 0. The maximum atomic E-state index is 5.76. The third-order valence-corrected chi connectivity index (χ3v) is 3.51. The Bertz CT molecular complexity index is 181. The normalized spacial score (nSPS) is 29.2. The van der Waals surface area contributed by atoms with Gasteiger partial charge >= 0.3 is 0 Å². The molecule has 1 aliphatic heterocycles. The molecule has 3 nitrogen and oxygen atoms in total. The number of ether oxygens (including phenoxy) is 1. The number of rotatable bonds is 6. The van der Waals surface area contributed by atoms with Crippen molar-refractivity contribution >= 4 is 0 Å². The lowest BCUT2D eigenvalue weighted by Crippen LogP contribution is -2.55. The summed E-state index contributed by atoms with van der Waals surface area (Å²) in [6.45, 7) is 9.80. The fraction of sp³-hybridized carbons (Fsp3) is 1.00. The molecule has 1 fully saturated rings. The highest BCUT2D eigenvalue weighted by atomic mass is 16.5. The minimum Gasteiger partial charge on any atom is -0.376 e. The van der Waals surface area contributed by atoms with Crippen LogP contribution >= 0.6 is 0 Å². The van der Waals surface area contributed by atoms with Crippen LogP contribution in [0.3, 0.4) is 0 Å². The molecule has 0 aromatic rings. The molecule has 1 aliphatic rings. The second-order valence-corrected chi connectivity index (χ2v) is 4.90. The lowest BCUT2D eigenvalue weighted by molar-refractivity contribution is -0.0731. The molecule has 0 amide bonds. The topological polar surface area (TPSA) is 24.5 Å². The smallest absolute Gasteiger partial charge is 0.0674 e. The molecule has 1 rings (SSSR count). The van der Waals surface area contributed by atoms with Gasteiger partial charge in [0.25, 0.3) is 0 Å². The summed E-state index contributed by atoms with van der Waals surface area (Å²) < 4.78 is 5.76. The van der Waals surface area contributed by atoms with E-state index in [1.165, 1.54) is 19.3 Å². The minimum absolute atomic E-state index is 0.388. The summed E-state index contributed by atoms with van der Waals surface area (Å²) in [6.07, 6.45) is 4.12. The van der Waals surface area contributed by atoms with Crippen molar-refractivity contribution in [2.45, 2.75) is 58.2 Å². The molecular formula is C13H28N2O. The van der Waals surface area contributed by atoms with Crippen molar-refractivity contribution in [3.8, 4) is 0 Å². The number of nitrogens with zero attached hydrogens (tertiary/aromatic N) is 1. The zero-order valence-corrected chi connectivity index (χ0v) is 11.3. The van der Waals surface area contributed by atoms with E-state index in [4.69, 9.17) is 4.74 Å². The summed E-state index contributed by atoms with van der Waals surface area (Å²) in [5.74, 6) is 0. The Balaban J connectivity index is 2.61. The minimum atomic E-state index is 0.388. The number of hydrogen-bond acceptors (Lipinski definition) is 3. The molecule has 96 valence electrons. The van der Waals surface area contributed by atoms with Crippen molar-refractivity contribution in [3.05, 3.63) is 0 Å². The first-order valence-electron chi connectivity index (χ1n) is 6.74. The first-order chi connectivity index (χ1) is 7.72. The van der Waals surface area contributed by atoms with E-state index in [9.17, 15) is 0 Å². The van der Waals surface area contributed by atoms with Crippen molar-refractivity contribution in [3.63, 3.8) is 0 Å². The standard InChI is InChI=1S/C13H28N2O/c1-5-7-13(8-14-4)15-9-11(3)16-10-12(15)6-2/h11-14H,5-10H2,1-4H3. The maximum absolute atomic E-state index is 5.76. The van der Waals surface area contributed by atoms with E-state index in [-0.39, 0.29) is 0 Å². The fourth-order valence-electron chi connectivity index (χ4n) is 2.62. The molecule has 3 atom stereocenters. The summed E-state index contributed by atoms with van der Waals surface area (Å²) in [5.41, 5.74) is 0. The molecule has 1 heterocycles. The molecule has 0 spiro atoms. The summed E-state index contributed by atoms with van der Waals surface area (Å²) in [7, 11) is 2.05. The summed E-state index contributed by atoms with van der Waals surface area (Å²) in [6, 6.07) is 1.28. The van der Waals surface area contributed by atoms with Gasteiger partial charge in [-0.1, -0.05) is 20.3 Å². The van der Waals surface area contributed by atoms with Crippen LogP contribution in [-0.2, 0) is 4.74 Å². The van der Waals surface area contributed by atoms with Gasteiger partial charge in [-0.2, -0.15) is 0 Å². The molecule has 0 aromatic carbocycles. The van der Waals surface area contributed by atoms with E-state index >= 15 is 0 Å². The Morgan fingerprint density at radius 2 is 2.19 bits per heavy atom. The third-order valence-electron chi connectivity index (χ3n) is 3.51. The number of nitrogens with one attached hydrogen (secondary N) is 1. The Morgan fingerprint density at radius 1 is 1.44 bits per heavy atom. The average Bonchev–Trinajstić information content (AvgIpc) is 2.29. The van der Waals surface area contributed by atoms with Crippen molar-refractivity contribution in [1.29, 1.82) is 0 Å². The van der Waals surface area contributed by atoms with Gasteiger partial charge in [-0.25, -0.2) is 0 Å². The third kappa shape index (κ3) is 3.72. The van der Waals surface area contributed by atoms with Crippen molar-refractivity contribution < 1.29 is 4.74 Å². The van der Waals surface area contributed by atoms with Gasteiger partial charge in [0, 0.05) is 25.2 Å². The maximum Gasteiger partial charge on any atom is 0.0674 e. The van der Waals surface area contributed by atoms with Crippen LogP contribution in [-0.4, -0.2) is 49.8 Å². The molecule has 16 heavy (non-hydrogen) atoms. The van der Waals surface area contributed by atoms with Gasteiger partial charge in [-0.3, -0.25) is 4.90 Å². The van der Waals surface area contributed by atoms with Gasteiger partial charge in [0.2, 0.25) is 0 Å².